The Morgan fingerprint density at radius 2 is 0.688 bits per heavy atom. The molecule has 0 rings (SSSR count). The number of hydrogen-bond acceptors (Lipinski definition) is 2. The fourth-order valence-corrected chi connectivity index (χ4v) is 4.68. The van der Waals surface area contributed by atoms with Crippen LogP contribution in [0.5, 0.6) is 0 Å². The van der Waals surface area contributed by atoms with Crippen LogP contribution in [0, 0.1) is 5.92 Å². The highest BCUT2D eigenvalue weighted by atomic mass is 16.1. The van der Waals surface area contributed by atoms with Crippen LogP contribution in [-0.4, -0.2) is 12.6 Å². The average molecular weight is 450 g/mol. The van der Waals surface area contributed by atoms with Gasteiger partial charge in [-0.15, -0.1) is 0 Å². The van der Waals surface area contributed by atoms with Crippen LogP contribution in [-0.2, 0) is 4.79 Å². The van der Waals surface area contributed by atoms with Crippen LogP contribution >= 0.6 is 0 Å². The second-order valence-corrected chi connectivity index (χ2v) is 10.6. The van der Waals surface area contributed by atoms with Crippen LogP contribution in [0.4, 0.5) is 0 Å². The SMILES string of the molecule is CC(C)CCCCCCCCCCCCCCCCCCCCCCCCCCN=C=O. The van der Waals surface area contributed by atoms with Gasteiger partial charge in [-0.05, 0) is 12.3 Å². The van der Waals surface area contributed by atoms with Gasteiger partial charge in [0, 0.05) is 0 Å². The lowest BCUT2D eigenvalue weighted by molar-refractivity contribution is 0.500. The van der Waals surface area contributed by atoms with Gasteiger partial charge in [0.2, 0.25) is 6.08 Å². The van der Waals surface area contributed by atoms with Crippen molar-refractivity contribution in [1.29, 1.82) is 0 Å². The Labute approximate surface area is 202 Å². The summed E-state index contributed by atoms with van der Waals surface area (Å²) in [5, 5.41) is 0. The maximum absolute atomic E-state index is 9.96. The molecular weight excluding hydrogens is 390 g/mol. The molecule has 2 nitrogen and oxygen atoms in total. The van der Waals surface area contributed by atoms with Gasteiger partial charge in [0.05, 0.1) is 6.54 Å². The Balaban J connectivity index is 3.02. The van der Waals surface area contributed by atoms with Gasteiger partial charge in [0.25, 0.3) is 0 Å². The van der Waals surface area contributed by atoms with E-state index in [-0.39, 0.29) is 0 Å². The predicted molar refractivity (Wildman–Crippen MR) is 143 cm³/mol. The summed E-state index contributed by atoms with van der Waals surface area (Å²) in [6.45, 7) is 5.35. The lowest BCUT2D eigenvalue weighted by Crippen LogP contribution is -1.87. The molecule has 0 amide bonds. The molecule has 0 saturated heterocycles. The molecule has 0 N–H and O–H groups in total. The molecule has 0 unspecified atom stereocenters. The molecule has 0 saturated carbocycles. The third kappa shape index (κ3) is 29.4. The molecule has 0 aromatic rings. The van der Waals surface area contributed by atoms with Gasteiger partial charge in [-0.1, -0.05) is 168 Å². The molecule has 0 bridgehead atoms. The van der Waals surface area contributed by atoms with Crippen molar-refractivity contribution in [2.75, 3.05) is 6.54 Å². The number of rotatable bonds is 27. The van der Waals surface area contributed by atoms with Gasteiger partial charge in [0.1, 0.15) is 0 Å². The van der Waals surface area contributed by atoms with Crippen molar-refractivity contribution in [2.45, 2.75) is 174 Å². The van der Waals surface area contributed by atoms with E-state index in [0.29, 0.717) is 6.54 Å². The minimum absolute atomic E-state index is 0.669. The zero-order valence-electron chi connectivity index (χ0n) is 22.3. The molecule has 190 valence electrons. The summed E-state index contributed by atoms with van der Waals surface area (Å²) >= 11 is 0. The molecule has 0 aliphatic carbocycles. The monoisotopic (exact) mass is 449 g/mol. The first kappa shape index (κ1) is 31.4. The standard InChI is InChI=1S/C30H59NO/c1-30(2)27-25-23-21-19-17-15-13-11-9-7-5-3-4-6-8-10-12-14-16-18-20-22-24-26-28-31-29-32/h30H,3-28H2,1-2H3. The Bertz CT molecular complexity index is 386. The van der Waals surface area contributed by atoms with Gasteiger partial charge in [-0.2, -0.15) is 0 Å². The van der Waals surface area contributed by atoms with Crippen LogP contribution in [0.25, 0.3) is 0 Å². The summed E-state index contributed by atoms with van der Waals surface area (Å²) in [5.74, 6) is 0.889. The molecule has 0 aromatic heterocycles. The summed E-state index contributed by atoms with van der Waals surface area (Å²) in [4.78, 5) is 13.6. The summed E-state index contributed by atoms with van der Waals surface area (Å²) in [5.41, 5.74) is 0. The number of hydrogen-bond donors (Lipinski definition) is 0. The number of aliphatic imine (C=N–C) groups is 1. The molecule has 0 aliphatic rings. The molecular formula is C30H59NO. The van der Waals surface area contributed by atoms with E-state index in [0.717, 1.165) is 12.3 Å². The summed E-state index contributed by atoms with van der Waals surface area (Å²) < 4.78 is 0. The van der Waals surface area contributed by atoms with E-state index < -0.39 is 0 Å². The summed E-state index contributed by atoms with van der Waals surface area (Å²) in [7, 11) is 0. The van der Waals surface area contributed by atoms with Crippen LogP contribution in [0.3, 0.4) is 0 Å². The van der Waals surface area contributed by atoms with Gasteiger partial charge in [-0.3, -0.25) is 0 Å². The molecule has 0 fully saturated rings. The zero-order chi connectivity index (χ0) is 23.4. The molecule has 0 aliphatic heterocycles. The molecule has 32 heavy (non-hydrogen) atoms. The third-order valence-electron chi connectivity index (χ3n) is 6.87. The molecule has 0 atom stereocenters. The normalized spacial score (nSPS) is 11.2. The molecule has 2 heteroatoms. The molecule has 0 heterocycles. The lowest BCUT2D eigenvalue weighted by atomic mass is 10.0. The Hall–Kier alpha value is -0.620. The van der Waals surface area contributed by atoms with E-state index in [9.17, 15) is 4.79 Å². The highest BCUT2D eigenvalue weighted by molar-refractivity contribution is 5.32. The Morgan fingerprint density at radius 3 is 0.938 bits per heavy atom. The minimum atomic E-state index is 0.669. The Kier molecular flexibility index (Phi) is 27.9. The Morgan fingerprint density at radius 1 is 0.438 bits per heavy atom. The number of carbonyl (C=O) groups excluding carboxylic acids is 1. The first-order chi connectivity index (χ1) is 15.8. The molecule has 0 radical (unpaired) electrons. The van der Waals surface area contributed by atoms with Crippen LogP contribution in [0.2, 0.25) is 0 Å². The second-order valence-electron chi connectivity index (χ2n) is 10.6. The first-order valence-corrected chi connectivity index (χ1v) is 14.8. The zero-order valence-corrected chi connectivity index (χ0v) is 22.3. The third-order valence-corrected chi connectivity index (χ3v) is 6.87. The van der Waals surface area contributed by atoms with Gasteiger partial charge in [-0.25, -0.2) is 9.79 Å². The van der Waals surface area contributed by atoms with Crippen LogP contribution in [0.1, 0.15) is 174 Å². The van der Waals surface area contributed by atoms with Crippen molar-refractivity contribution in [3.05, 3.63) is 0 Å². The quantitative estimate of drug-likeness (QED) is 0.0696. The number of isocyanates is 1. The highest BCUT2D eigenvalue weighted by Gasteiger charge is 1.97. The van der Waals surface area contributed by atoms with Gasteiger partial charge < -0.3 is 0 Å². The summed E-state index contributed by atoms with van der Waals surface area (Å²) in [6.07, 6.45) is 37.0. The van der Waals surface area contributed by atoms with E-state index in [1.54, 1.807) is 6.08 Å². The number of nitrogens with zero attached hydrogens (tertiary/aromatic N) is 1. The van der Waals surface area contributed by atoms with Gasteiger partial charge in [0.15, 0.2) is 0 Å². The van der Waals surface area contributed by atoms with E-state index in [2.05, 4.69) is 18.8 Å². The van der Waals surface area contributed by atoms with Gasteiger partial charge >= 0.3 is 0 Å². The largest absolute Gasteiger partial charge is 0.234 e. The van der Waals surface area contributed by atoms with Crippen molar-refractivity contribution in [2.24, 2.45) is 10.9 Å². The maximum Gasteiger partial charge on any atom is 0.234 e. The minimum Gasteiger partial charge on any atom is -0.211 e. The molecule has 0 aromatic carbocycles. The van der Waals surface area contributed by atoms with Crippen molar-refractivity contribution < 1.29 is 4.79 Å². The second kappa shape index (κ2) is 28.4. The van der Waals surface area contributed by atoms with E-state index in [1.165, 1.54) is 154 Å². The highest BCUT2D eigenvalue weighted by Crippen LogP contribution is 2.16. The number of unbranched alkanes of at least 4 members (excludes halogenated alkanes) is 23. The summed E-state index contributed by atoms with van der Waals surface area (Å²) in [6, 6.07) is 0. The lowest BCUT2D eigenvalue weighted by Gasteiger charge is -2.05. The van der Waals surface area contributed by atoms with Crippen LogP contribution in [0.15, 0.2) is 4.99 Å². The van der Waals surface area contributed by atoms with Crippen molar-refractivity contribution >= 4 is 6.08 Å². The first-order valence-electron chi connectivity index (χ1n) is 14.8. The van der Waals surface area contributed by atoms with Crippen molar-refractivity contribution in [1.82, 2.24) is 0 Å². The van der Waals surface area contributed by atoms with E-state index in [4.69, 9.17) is 0 Å². The molecule has 0 spiro atoms. The van der Waals surface area contributed by atoms with Crippen molar-refractivity contribution in [3.63, 3.8) is 0 Å². The average Bonchev–Trinajstić information content (AvgIpc) is 2.78. The topological polar surface area (TPSA) is 29.4 Å². The fourth-order valence-electron chi connectivity index (χ4n) is 4.68. The van der Waals surface area contributed by atoms with E-state index >= 15 is 0 Å². The smallest absolute Gasteiger partial charge is 0.211 e. The predicted octanol–water partition coefficient (Wildman–Crippen LogP) is 10.7. The fraction of sp³-hybridized carbons (Fsp3) is 0.967. The van der Waals surface area contributed by atoms with E-state index in [1.807, 2.05) is 0 Å². The van der Waals surface area contributed by atoms with Crippen LogP contribution < -0.4 is 0 Å². The van der Waals surface area contributed by atoms with Crippen molar-refractivity contribution in [3.8, 4) is 0 Å². The maximum atomic E-state index is 9.96.